The van der Waals surface area contributed by atoms with Gasteiger partial charge in [-0.1, -0.05) is 31.2 Å². The summed E-state index contributed by atoms with van der Waals surface area (Å²) in [7, 11) is -1.52. The number of hydrogen-bond acceptors (Lipinski definition) is 6. The summed E-state index contributed by atoms with van der Waals surface area (Å²) in [5.74, 6) is 4.48. The number of aliphatic carboxylic acids is 1. The zero-order valence-electron chi connectivity index (χ0n) is 22.6. The molecular formula is C28H39FN4O4S. The molecule has 2 aromatic carbocycles. The van der Waals surface area contributed by atoms with Crippen LogP contribution in [0.1, 0.15) is 62.0 Å². The Balaban J connectivity index is 1.89. The Morgan fingerprint density at radius 3 is 2.74 bits per heavy atom. The van der Waals surface area contributed by atoms with Gasteiger partial charge in [0, 0.05) is 25.8 Å². The van der Waals surface area contributed by atoms with Crippen molar-refractivity contribution in [3.05, 3.63) is 76.4 Å². The topological polar surface area (TPSA) is 122 Å². The molecule has 5 N–H and O–H groups in total. The van der Waals surface area contributed by atoms with Crippen molar-refractivity contribution in [2.75, 3.05) is 19.7 Å². The van der Waals surface area contributed by atoms with Gasteiger partial charge in [0.25, 0.3) is 0 Å². The second-order valence-electron chi connectivity index (χ2n) is 10.3. The molecule has 38 heavy (non-hydrogen) atoms. The van der Waals surface area contributed by atoms with Crippen LogP contribution in [0.4, 0.5) is 4.39 Å². The summed E-state index contributed by atoms with van der Waals surface area (Å²) >= 11 is 0. The van der Waals surface area contributed by atoms with Crippen LogP contribution in [0.5, 0.6) is 0 Å². The number of ether oxygens (including phenoxy) is 1. The van der Waals surface area contributed by atoms with Gasteiger partial charge in [-0.15, -0.1) is 0 Å². The molecule has 1 aliphatic rings. The smallest absolute Gasteiger partial charge is 0.312 e. The van der Waals surface area contributed by atoms with Gasteiger partial charge in [0.2, 0.25) is 0 Å². The molecule has 0 saturated carbocycles. The van der Waals surface area contributed by atoms with Crippen LogP contribution in [-0.2, 0) is 33.5 Å². The van der Waals surface area contributed by atoms with E-state index in [1.54, 1.807) is 26.1 Å². The molecule has 0 aromatic heterocycles. The van der Waals surface area contributed by atoms with E-state index < -0.39 is 34.3 Å². The molecule has 0 radical (unpaired) electrons. The maximum atomic E-state index is 13.9. The molecule has 8 nitrogen and oxygen atoms in total. The first-order chi connectivity index (χ1) is 17.9. The second kappa shape index (κ2) is 12.8. The predicted molar refractivity (Wildman–Crippen MR) is 146 cm³/mol. The van der Waals surface area contributed by atoms with E-state index in [1.165, 1.54) is 17.1 Å². The molecule has 0 aliphatic carbocycles. The monoisotopic (exact) mass is 546 g/mol. The Morgan fingerprint density at radius 1 is 1.32 bits per heavy atom. The van der Waals surface area contributed by atoms with Crippen molar-refractivity contribution in [2.45, 2.75) is 64.5 Å². The van der Waals surface area contributed by atoms with E-state index in [4.69, 9.17) is 16.3 Å². The van der Waals surface area contributed by atoms with Crippen LogP contribution in [-0.4, -0.2) is 44.3 Å². The van der Waals surface area contributed by atoms with Crippen molar-refractivity contribution in [1.82, 2.24) is 9.31 Å². The number of rotatable bonds is 11. The summed E-state index contributed by atoms with van der Waals surface area (Å²) in [6, 6.07) is 10.1. The predicted octanol–water partition coefficient (Wildman–Crippen LogP) is 4.16. The highest BCUT2D eigenvalue weighted by Gasteiger charge is 2.39. The summed E-state index contributed by atoms with van der Waals surface area (Å²) in [6.45, 7) is 8.75. The maximum absolute atomic E-state index is 13.9. The van der Waals surface area contributed by atoms with Gasteiger partial charge in [-0.2, -0.15) is 0 Å². The van der Waals surface area contributed by atoms with Crippen LogP contribution in [0.15, 0.2) is 53.2 Å². The fourth-order valence-corrected chi connectivity index (χ4v) is 5.94. The SMILES string of the molecule is CCCN(N)/C=C(\N)COC(c1ccc(C)c(CN2CCCc3ccc(F)cc3S2=O)c1)C(C)(C)C(=O)O. The maximum Gasteiger partial charge on any atom is 0.312 e. The molecule has 0 saturated heterocycles. The van der Waals surface area contributed by atoms with E-state index in [1.807, 2.05) is 36.4 Å². The van der Waals surface area contributed by atoms with E-state index in [0.717, 1.165) is 36.0 Å². The molecular weight excluding hydrogens is 507 g/mol. The van der Waals surface area contributed by atoms with Crippen molar-refractivity contribution in [2.24, 2.45) is 17.0 Å². The standard InChI is InChI=1S/C28H39FN4O4S/c1-5-12-32(31)17-24(30)18-37-26(28(3,4)27(34)35)21-9-8-19(2)22(14-21)16-33-13-6-7-20-10-11-23(29)15-25(20)38(33)36/h8-11,14-15,17,26H,5-7,12-13,16,18,30-31H2,1-4H3,(H,34,35)/b24-17-. The summed E-state index contributed by atoms with van der Waals surface area (Å²) in [5, 5.41) is 11.5. The average Bonchev–Trinajstić information content (AvgIpc) is 2.99. The minimum absolute atomic E-state index is 0.000487. The average molecular weight is 547 g/mol. The van der Waals surface area contributed by atoms with Crippen molar-refractivity contribution in [3.8, 4) is 0 Å². The van der Waals surface area contributed by atoms with Crippen molar-refractivity contribution >= 4 is 17.0 Å². The lowest BCUT2D eigenvalue weighted by Crippen LogP contribution is -2.34. The van der Waals surface area contributed by atoms with Crippen LogP contribution < -0.4 is 11.6 Å². The van der Waals surface area contributed by atoms with E-state index in [-0.39, 0.29) is 6.61 Å². The highest BCUT2D eigenvalue weighted by molar-refractivity contribution is 7.82. The van der Waals surface area contributed by atoms with Gasteiger partial charge in [-0.05, 0) is 74.4 Å². The summed E-state index contributed by atoms with van der Waals surface area (Å²) < 4.78 is 35.3. The van der Waals surface area contributed by atoms with E-state index in [9.17, 15) is 18.5 Å². The number of nitrogens with two attached hydrogens (primary N) is 2. The molecule has 0 spiro atoms. The molecule has 0 amide bonds. The molecule has 0 bridgehead atoms. The minimum Gasteiger partial charge on any atom is -0.481 e. The van der Waals surface area contributed by atoms with Crippen LogP contribution in [0.3, 0.4) is 0 Å². The number of aryl methyl sites for hydroxylation is 2. The third-order valence-electron chi connectivity index (χ3n) is 6.76. The normalized spacial score (nSPS) is 17.5. The van der Waals surface area contributed by atoms with Crippen molar-refractivity contribution in [3.63, 3.8) is 0 Å². The van der Waals surface area contributed by atoms with Crippen LogP contribution in [0.25, 0.3) is 0 Å². The first-order valence-electron chi connectivity index (χ1n) is 12.8. The number of hydrogen-bond donors (Lipinski definition) is 3. The van der Waals surface area contributed by atoms with E-state index >= 15 is 0 Å². The minimum atomic E-state index is -1.52. The third kappa shape index (κ3) is 7.19. The van der Waals surface area contributed by atoms with Gasteiger partial charge < -0.3 is 20.6 Å². The lowest BCUT2D eigenvalue weighted by molar-refractivity contribution is -0.156. The third-order valence-corrected chi connectivity index (χ3v) is 8.30. The zero-order valence-corrected chi connectivity index (χ0v) is 23.4. The van der Waals surface area contributed by atoms with Gasteiger partial charge >= 0.3 is 5.97 Å². The van der Waals surface area contributed by atoms with Gasteiger partial charge in [0.15, 0.2) is 0 Å². The van der Waals surface area contributed by atoms with Gasteiger partial charge in [0.1, 0.15) is 16.8 Å². The molecule has 2 unspecified atom stereocenters. The van der Waals surface area contributed by atoms with Crippen LogP contribution in [0, 0.1) is 18.2 Å². The zero-order chi connectivity index (χ0) is 28.0. The molecule has 3 rings (SSSR count). The summed E-state index contributed by atoms with van der Waals surface area (Å²) in [5.41, 5.74) is 8.66. The molecule has 2 aromatic rings. The van der Waals surface area contributed by atoms with Crippen molar-refractivity contribution < 1.29 is 23.2 Å². The Bertz CT molecular complexity index is 1200. The van der Waals surface area contributed by atoms with E-state index in [0.29, 0.717) is 35.8 Å². The number of benzene rings is 2. The number of fused-ring (bicyclic) bond motifs is 1. The van der Waals surface area contributed by atoms with E-state index in [2.05, 4.69) is 0 Å². The lowest BCUT2D eigenvalue weighted by Gasteiger charge is -2.32. The summed E-state index contributed by atoms with van der Waals surface area (Å²) in [4.78, 5) is 12.7. The van der Waals surface area contributed by atoms with Crippen molar-refractivity contribution in [1.29, 1.82) is 0 Å². The first kappa shape index (κ1) is 29.8. The number of nitrogens with zero attached hydrogens (tertiary/aromatic N) is 2. The Kier molecular flexibility index (Phi) is 10.1. The molecule has 10 heteroatoms. The number of carbonyl (C=O) groups is 1. The quantitative estimate of drug-likeness (QED) is 0.286. The lowest BCUT2D eigenvalue weighted by atomic mass is 9.81. The fourth-order valence-electron chi connectivity index (χ4n) is 4.50. The van der Waals surface area contributed by atoms with Gasteiger partial charge in [-0.3, -0.25) is 4.79 Å². The highest BCUT2D eigenvalue weighted by atomic mass is 32.2. The molecule has 1 aliphatic heterocycles. The summed E-state index contributed by atoms with van der Waals surface area (Å²) in [6.07, 6.45) is 3.15. The van der Waals surface area contributed by atoms with Crippen LogP contribution in [0.2, 0.25) is 0 Å². The Hall–Kier alpha value is -2.79. The fraction of sp³-hybridized carbons (Fsp3) is 0.464. The largest absolute Gasteiger partial charge is 0.481 e. The molecule has 2 atom stereocenters. The number of carboxylic acid groups (broad SMARTS) is 1. The van der Waals surface area contributed by atoms with Gasteiger partial charge in [-0.25, -0.2) is 18.7 Å². The molecule has 1 heterocycles. The Labute approximate surface area is 227 Å². The van der Waals surface area contributed by atoms with Crippen LogP contribution >= 0.6 is 0 Å². The molecule has 208 valence electrons. The first-order valence-corrected chi connectivity index (χ1v) is 13.9. The second-order valence-corrected chi connectivity index (χ2v) is 11.8. The highest BCUT2D eigenvalue weighted by Crippen LogP contribution is 2.38. The number of hydrazine groups is 1. The molecule has 0 fully saturated rings. The van der Waals surface area contributed by atoms with Gasteiger partial charge in [0.05, 0.1) is 28.7 Å². The Morgan fingerprint density at radius 2 is 2.05 bits per heavy atom. The number of carboxylic acids is 1. The number of halogens is 1.